The van der Waals surface area contributed by atoms with Crippen LogP contribution >= 0.6 is 0 Å². The van der Waals surface area contributed by atoms with Gasteiger partial charge in [0.2, 0.25) is 11.6 Å². The van der Waals surface area contributed by atoms with Crippen molar-refractivity contribution in [2.45, 2.75) is 18.9 Å². The van der Waals surface area contributed by atoms with Gasteiger partial charge in [0.15, 0.2) is 5.82 Å². The molecule has 0 bridgehead atoms. The average Bonchev–Trinajstić information content (AvgIpc) is 2.81. The van der Waals surface area contributed by atoms with E-state index in [9.17, 15) is 4.79 Å². The molecule has 7 heteroatoms. The number of amides is 1. The maximum atomic E-state index is 11.6. The zero-order valence-corrected chi connectivity index (χ0v) is 9.13. The van der Waals surface area contributed by atoms with E-state index < -0.39 is 0 Å². The monoisotopic (exact) mass is 232 g/mol. The van der Waals surface area contributed by atoms with Crippen molar-refractivity contribution in [3.8, 4) is 0 Å². The van der Waals surface area contributed by atoms with Gasteiger partial charge in [-0.05, 0) is 12.8 Å². The molecule has 7 nitrogen and oxygen atoms in total. The summed E-state index contributed by atoms with van der Waals surface area (Å²) in [6.45, 7) is 0.750. The second-order valence-corrected chi connectivity index (χ2v) is 3.97. The van der Waals surface area contributed by atoms with Gasteiger partial charge < -0.3 is 10.6 Å². The van der Waals surface area contributed by atoms with Gasteiger partial charge in [-0.2, -0.15) is 0 Å². The Hall–Kier alpha value is -2.18. The topological polar surface area (TPSA) is 84.2 Å². The SMILES string of the molecule is O=C1NCCCC1Nc1nccn2cnnc12. The van der Waals surface area contributed by atoms with Crippen molar-refractivity contribution in [3.63, 3.8) is 0 Å². The van der Waals surface area contributed by atoms with Gasteiger partial charge in [0.05, 0.1) is 0 Å². The van der Waals surface area contributed by atoms with Crippen molar-refractivity contribution in [3.05, 3.63) is 18.7 Å². The van der Waals surface area contributed by atoms with E-state index in [-0.39, 0.29) is 11.9 Å². The second-order valence-electron chi connectivity index (χ2n) is 3.97. The number of piperidine rings is 1. The number of fused-ring (bicyclic) bond motifs is 1. The first kappa shape index (κ1) is 10.0. The molecule has 0 saturated carbocycles. The van der Waals surface area contributed by atoms with Crippen LogP contribution in [0.4, 0.5) is 5.82 Å². The van der Waals surface area contributed by atoms with E-state index in [4.69, 9.17) is 0 Å². The van der Waals surface area contributed by atoms with Crippen LogP contribution in [-0.2, 0) is 4.79 Å². The van der Waals surface area contributed by atoms with Crippen LogP contribution in [0.25, 0.3) is 5.65 Å². The Morgan fingerprint density at radius 3 is 3.35 bits per heavy atom. The summed E-state index contributed by atoms with van der Waals surface area (Å²) in [5, 5.41) is 13.7. The normalized spacial score (nSPS) is 20.2. The molecule has 0 aliphatic carbocycles. The summed E-state index contributed by atoms with van der Waals surface area (Å²) < 4.78 is 1.76. The van der Waals surface area contributed by atoms with Gasteiger partial charge in [-0.15, -0.1) is 10.2 Å². The number of hydrogen-bond acceptors (Lipinski definition) is 5. The second kappa shape index (κ2) is 4.00. The van der Waals surface area contributed by atoms with Crippen molar-refractivity contribution in [1.29, 1.82) is 0 Å². The molecule has 1 fully saturated rings. The number of nitrogens with one attached hydrogen (secondary N) is 2. The number of nitrogens with zero attached hydrogens (tertiary/aromatic N) is 4. The molecule has 17 heavy (non-hydrogen) atoms. The summed E-state index contributed by atoms with van der Waals surface area (Å²) in [7, 11) is 0. The largest absolute Gasteiger partial charge is 0.355 e. The van der Waals surface area contributed by atoms with Crippen LogP contribution in [0.5, 0.6) is 0 Å². The Labute approximate surface area is 97.3 Å². The van der Waals surface area contributed by atoms with Crippen LogP contribution in [0.2, 0.25) is 0 Å². The van der Waals surface area contributed by atoms with Gasteiger partial charge in [0, 0.05) is 18.9 Å². The standard InChI is InChI=1S/C10H12N6O/c17-10-7(2-1-3-12-10)14-8-9-15-13-6-16(9)5-4-11-8/h4-7H,1-3H2,(H,11,14)(H,12,17). The van der Waals surface area contributed by atoms with Crippen molar-refractivity contribution >= 4 is 17.4 Å². The van der Waals surface area contributed by atoms with Gasteiger partial charge in [-0.3, -0.25) is 9.20 Å². The van der Waals surface area contributed by atoms with Crippen molar-refractivity contribution in [1.82, 2.24) is 24.9 Å². The minimum absolute atomic E-state index is 0.0135. The Morgan fingerprint density at radius 1 is 1.53 bits per heavy atom. The lowest BCUT2D eigenvalue weighted by atomic mass is 10.1. The summed E-state index contributed by atoms with van der Waals surface area (Å²) in [5.74, 6) is 0.603. The Morgan fingerprint density at radius 2 is 2.47 bits per heavy atom. The fourth-order valence-corrected chi connectivity index (χ4v) is 1.94. The molecule has 1 aliphatic heterocycles. The van der Waals surface area contributed by atoms with E-state index in [0.717, 1.165) is 19.4 Å². The highest BCUT2D eigenvalue weighted by atomic mass is 16.2. The van der Waals surface area contributed by atoms with Crippen LogP contribution in [0.15, 0.2) is 18.7 Å². The molecule has 1 unspecified atom stereocenters. The highest BCUT2D eigenvalue weighted by Gasteiger charge is 2.22. The van der Waals surface area contributed by atoms with Crippen molar-refractivity contribution < 1.29 is 4.79 Å². The molecule has 3 rings (SSSR count). The summed E-state index contributed by atoms with van der Waals surface area (Å²) in [4.78, 5) is 15.8. The number of hydrogen-bond donors (Lipinski definition) is 2. The van der Waals surface area contributed by atoms with Crippen LogP contribution in [0, 0.1) is 0 Å². The molecule has 2 aromatic rings. The number of carbonyl (C=O) groups excluding carboxylic acids is 1. The molecule has 2 aromatic heterocycles. The zero-order chi connectivity index (χ0) is 11.7. The maximum absolute atomic E-state index is 11.6. The Kier molecular flexibility index (Phi) is 2.36. The van der Waals surface area contributed by atoms with E-state index in [1.165, 1.54) is 0 Å². The van der Waals surface area contributed by atoms with Gasteiger partial charge in [0.25, 0.3) is 0 Å². The molecule has 0 radical (unpaired) electrons. The lowest BCUT2D eigenvalue weighted by Crippen LogP contribution is -2.44. The fourth-order valence-electron chi connectivity index (χ4n) is 1.94. The lowest BCUT2D eigenvalue weighted by molar-refractivity contribution is -0.123. The summed E-state index contributed by atoms with van der Waals surface area (Å²) in [6, 6.07) is -0.237. The van der Waals surface area contributed by atoms with Gasteiger partial charge >= 0.3 is 0 Å². The summed E-state index contributed by atoms with van der Waals surface area (Å²) >= 11 is 0. The molecule has 1 aliphatic rings. The quantitative estimate of drug-likeness (QED) is 0.750. The van der Waals surface area contributed by atoms with Gasteiger partial charge in [-0.1, -0.05) is 0 Å². The smallest absolute Gasteiger partial charge is 0.242 e. The zero-order valence-electron chi connectivity index (χ0n) is 9.13. The molecule has 88 valence electrons. The van der Waals surface area contributed by atoms with E-state index >= 15 is 0 Å². The third-order valence-electron chi connectivity index (χ3n) is 2.81. The van der Waals surface area contributed by atoms with E-state index in [1.807, 2.05) is 0 Å². The number of carbonyl (C=O) groups is 1. The fraction of sp³-hybridized carbons (Fsp3) is 0.400. The molecular formula is C10H12N6O. The van der Waals surface area contributed by atoms with Crippen molar-refractivity contribution in [2.75, 3.05) is 11.9 Å². The Bertz CT molecular complexity index is 550. The van der Waals surface area contributed by atoms with Crippen LogP contribution in [0.3, 0.4) is 0 Å². The molecule has 2 N–H and O–H groups in total. The molecule has 0 spiro atoms. The molecule has 3 heterocycles. The summed E-state index contributed by atoms with van der Waals surface area (Å²) in [5.41, 5.74) is 0.630. The van der Waals surface area contributed by atoms with Crippen LogP contribution in [-0.4, -0.2) is 38.1 Å². The van der Waals surface area contributed by atoms with Crippen molar-refractivity contribution in [2.24, 2.45) is 0 Å². The van der Waals surface area contributed by atoms with E-state index in [1.54, 1.807) is 23.1 Å². The molecule has 1 saturated heterocycles. The number of rotatable bonds is 2. The van der Waals surface area contributed by atoms with Crippen LogP contribution < -0.4 is 10.6 Å². The van der Waals surface area contributed by atoms with Crippen LogP contribution in [0.1, 0.15) is 12.8 Å². The third-order valence-corrected chi connectivity index (χ3v) is 2.81. The Balaban J connectivity index is 1.89. The first-order chi connectivity index (χ1) is 8.34. The number of aromatic nitrogens is 4. The summed E-state index contributed by atoms with van der Waals surface area (Å²) in [6.07, 6.45) is 6.80. The van der Waals surface area contributed by atoms with Gasteiger partial charge in [0.1, 0.15) is 12.4 Å². The molecule has 1 atom stereocenters. The molecular weight excluding hydrogens is 220 g/mol. The minimum atomic E-state index is -0.237. The maximum Gasteiger partial charge on any atom is 0.242 e. The minimum Gasteiger partial charge on any atom is -0.355 e. The predicted octanol–water partition coefficient (Wildman–Crippen LogP) is -0.185. The third kappa shape index (κ3) is 1.79. The first-order valence-corrected chi connectivity index (χ1v) is 5.53. The number of anilines is 1. The molecule has 1 amide bonds. The highest BCUT2D eigenvalue weighted by Crippen LogP contribution is 2.14. The van der Waals surface area contributed by atoms with Gasteiger partial charge in [-0.25, -0.2) is 4.98 Å². The molecule has 0 aromatic carbocycles. The lowest BCUT2D eigenvalue weighted by Gasteiger charge is -2.23. The first-order valence-electron chi connectivity index (χ1n) is 5.53. The van der Waals surface area contributed by atoms with E-state index in [2.05, 4.69) is 25.8 Å². The highest BCUT2D eigenvalue weighted by molar-refractivity contribution is 5.86. The van der Waals surface area contributed by atoms with E-state index in [0.29, 0.717) is 11.5 Å². The predicted molar refractivity (Wildman–Crippen MR) is 60.4 cm³/mol. The average molecular weight is 232 g/mol.